The predicted molar refractivity (Wildman–Crippen MR) is 68.2 cm³/mol. The van der Waals surface area contributed by atoms with Gasteiger partial charge in [-0.25, -0.2) is 4.68 Å². The van der Waals surface area contributed by atoms with Crippen molar-refractivity contribution in [3.8, 4) is 0 Å². The highest BCUT2D eigenvalue weighted by atomic mass is 32.2. The Morgan fingerprint density at radius 2 is 2.33 bits per heavy atom. The van der Waals surface area contributed by atoms with Gasteiger partial charge in [0.1, 0.15) is 6.04 Å². The summed E-state index contributed by atoms with van der Waals surface area (Å²) in [6, 6.07) is -0.261. The lowest BCUT2D eigenvalue weighted by Crippen LogP contribution is -2.38. The zero-order valence-electron chi connectivity index (χ0n) is 10.9. The molecule has 0 aliphatic rings. The van der Waals surface area contributed by atoms with Crippen LogP contribution in [0, 0.1) is 0 Å². The summed E-state index contributed by atoms with van der Waals surface area (Å²) in [5, 5.41) is 15.0. The minimum Gasteiger partial charge on any atom is -0.465 e. The summed E-state index contributed by atoms with van der Waals surface area (Å²) in [4.78, 5) is 11.7. The number of aromatic nitrogens is 4. The Balaban J connectivity index is 2.37. The molecule has 1 atom stereocenters. The summed E-state index contributed by atoms with van der Waals surface area (Å²) < 4.78 is 6.62. The molecule has 7 nitrogen and oxygen atoms in total. The first-order valence-electron chi connectivity index (χ1n) is 5.94. The summed E-state index contributed by atoms with van der Waals surface area (Å²) in [6.07, 6.45) is 0.685. The van der Waals surface area contributed by atoms with Crippen LogP contribution in [0.1, 0.15) is 20.3 Å². The molecule has 0 spiro atoms. The van der Waals surface area contributed by atoms with Gasteiger partial charge >= 0.3 is 5.97 Å². The van der Waals surface area contributed by atoms with Crippen LogP contribution in [0.5, 0.6) is 0 Å². The van der Waals surface area contributed by atoms with Crippen LogP contribution in [0.4, 0.5) is 0 Å². The molecule has 8 heteroatoms. The standard InChI is InChI=1S/C10H19N5O2S/c1-4-11-8(9(16)17-5-2)6-7-18-10-12-13-14-15(10)3/h8,11H,4-7H2,1-3H3. The average Bonchev–Trinajstić information content (AvgIpc) is 2.74. The number of likely N-dealkylation sites (N-methyl/N-ethyl adjacent to an activating group) is 1. The van der Waals surface area contributed by atoms with E-state index >= 15 is 0 Å². The lowest BCUT2D eigenvalue weighted by Gasteiger charge is -2.15. The molecule has 0 aromatic carbocycles. The summed E-state index contributed by atoms with van der Waals surface area (Å²) in [7, 11) is 1.79. The van der Waals surface area contributed by atoms with E-state index in [0.717, 1.165) is 17.5 Å². The van der Waals surface area contributed by atoms with Gasteiger partial charge in [-0.15, -0.1) is 5.10 Å². The molecule has 0 fully saturated rings. The quantitative estimate of drug-likeness (QED) is 0.536. The van der Waals surface area contributed by atoms with Crippen molar-refractivity contribution in [1.29, 1.82) is 0 Å². The van der Waals surface area contributed by atoms with E-state index in [1.165, 1.54) is 11.8 Å². The lowest BCUT2D eigenvalue weighted by molar-refractivity contribution is -0.145. The second-order valence-electron chi connectivity index (χ2n) is 3.58. The van der Waals surface area contributed by atoms with Crippen LogP contribution in [0.3, 0.4) is 0 Å². The van der Waals surface area contributed by atoms with Crippen LogP contribution >= 0.6 is 11.8 Å². The molecule has 1 N–H and O–H groups in total. The third-order valence-electron chi connectivity index (χ3n) is 2.24. The van der Waals surface area contributed by atoms with Gasteiger partial charge in [0.2, 0.25) is 5.16 Å². The van der Waals surface area contributed by atoms with Gasteiger partial charge in [-0.2, -0.15) is 0 Å². The Hall–Kier alpha value is -1.15. The zero-order chi connectivity index (χ0) is 13.4. The van der Waals surface area contributed by atoms with Gasteiger partial charge in [-0.1, -0.05) is 18.7 Å². The minimum absolute atomic E-state index is 0.198. The maximum absolute atomic E-state index is 11.7. The van der Waals surface area contributed by atoms with Crippen molar-refractivity contribution in [1.82, 2.24) is 25.5 Å². The molecule has 0 amide bonds. The maximum Gasteiger partial charge on any atom is 0.323 e. The number of carbonyl (C=O) groups excluding carboxylic acids is 1. The molecule has 0 bridgehead atoms. The first kappa shape index (κ1) is 14.9. The van der Waals surface area contributed by atoms with Crippen molar-refractivity contribution in [3.63, 3.8) is 0 Å². The number of thioether (sulfide) groups is 1. The van der Waals surface area contributed by atoms with Crippen molar-refractivity contribution >= 4 is 17.7 Å². The fourth-order valence-electron chi connectivity index (χ4n) is 1.40. The van der Waals surface area contributed by atoms with Crippen LogP contribution in [0.2, 0.25) is 0 Å². The van der Waals surface area contributed by atoms with E-state index < -0.39 is 0 Å². The Bertz CT molecular complexity index is 371. The Morgan fingerprint density at radius 3 is 2.89 bits per heavy atom. The largest absolute Gasteiger partial charge is 0.465 e. The number of ether oxygens (including phenoxy) is 1. The number of hydrogen-bond acceptors (Lipinski definition) is 7. The topological polar surface area (TPSA) is 81.9 Å². The smallest absolute Gasteiger partial charge is 0.323 e. The molecular weight excluding hydrogens is 254 g/mol. The Kier molecular flexibility index (Phi) is 6.66. The summed E-state index contributed by atoms with van der Waals surface area (Å²) >= 11 is 1.52. The molecule has 0 aliphatic carbocycles. The van der Waals surface area contributed by atoms with E-state index in [2.05, 4.69) is 20.8 Å². The van der Waals surface area contributed by atoms with Crippen LogP contribution < -0.4 is 5.32 Å². The predicted octanol–water partition coefficient (Wildman–Crippen LogP) is 0.234. The van der Waals surface area contributed by atoms with Crippen LogP contribution in [0.25, 0.3) is 0 Å². The highest BCUT2D eigenvalue weighted by Gasteiger charge is 2.18. The van der Waals surface area contributed by atoms with Gasteiger partial charge < -0.3 is 10.1 Å². The monoisotopic (exact) mass is 273 g/mol. The maximum atomic E-state index is 11.7. The first-order valence-corrected chi connectivity index (χ1v) is 6.92. The fraction of sp³-hybridized carbons (Fsp3) is 0.800. The second kappa shape index (κ2) is 8.04. The van der Waals surface area contributed by atoms with E-state index in [-0.39, 0.29) is 12.0 Å². The molecule has 102 valence electrons. The SMILES string of the molecule is CCNC(CCSc1nnnn1C)C(=O)OCC. The molecule has 1 aromatic rings. The molecule has 1 rings (SSSR count). The third-order valence-corrected chi connectivity index (χ3v) is 3.28. The van der Waals surface area contributed by atoms with Gasteiger partial charge in [-0.3, -0.25) is 4.79 Å². The lowest BCUT2D eigenvalue weighted by atomic mass is 10.2. The number of aryl methyl sites for hydroxylation is 1. The number of tetrazole rings is 1. The Morgan fingerprint density at radius 1 is 1.56 bits per heavy atom. The molecular formula is C10H19N5O2S. The normalized spacial score (nSPS) is 12.4. The van der Waals surface area contributed by atoms with Gasteiger partial charge in [0, 0.05) is 12.8 Å². The molecule has 0 saturated heterocycles. The highest BCUT2D eigenvalue weighted by molar-refractivity contribution is 7.99. The van der Waals surface area contributed by atoms with Crippen LogP contribution in [-0.2, 0) is 16.6 Å². The summed E-state index contributed by atoms with van der Waals surface area (Å²) in [5.74, 6) is 0.557. The number of nitrogens with zero attached hydrogens (tertiary/aromatic N) is 4. The van der Waals surface area contributed by atoms with Gasteiger partial charge in [-0.05, 0) is 30.3 Å². The summed E-state index contributed by atoms with van der Waals surface area (Å²) in [5.41, 5.74) is 0. The number of nitrogens with one attached hydrogen (secondary N) is 1. The van der Waals surface area contributed by atoms with Crippen molar-refractivity contribution in [2.75, 3.05) is 18.9 Å². The van der Waals surface area contributed by atoms with Crippen LogP contribution in [-0.4, -0.2) is 51.1 Å². The molecule has 1 heterocycles. The van der Waals surface area contributed by atoms with Crippen LogP contribution in [0.15, 0.2) is 5.16 Å². The number of rotatable bonds is 8. The molecule has 0 aliphatic heterocycles. The number of carbonyl (C=O) groups is 1. The van der Waals surface area contributed by atoms with E-state index in [0.29, 0.717) is 13.0 Å². The van der Waals surface area contributed by atoms with Gasteiger partial charge in [0.25, 0.3) is 0 Å². The molecule has 0 radical (unpaired) electrons. The second-order valence-corrected chi connectivity index (χ2v) is 4.65. The third kappa shape index (κ3) is 4.61. The minimum atomic E-state index is -0.261. The van der Waals surface area contributed by atoms with Gasteiger partial charge in [0.05, 0.1) is 6.61 Å². The van der Waals surface area contributed by atoms with E-state index in [1.54, 1.807) is 18.7 Å². The van der Waals surface area contributed by atoms with E-state index in [4.69, 9.17) is 4.74 Å². The van der Waals surface area contributed by atoms with E-state index in [9.17, 15) is 4.79 Å². The highest BCUT2D eigenvalue weighted by Crippen LogP contribution is 2.14. The Labute approximate surface area is 111 Å². The molecule has 1 unspecified atom stereocenters. The van der Waals surface area contributed by atoms with Crippen molar-refractivity contribution in [2.24, 2.45) is 7.05 Å². The zero-order valence-corrected chi connectivity index (χ0v) is 11.7. The van der Waals surface area contributed by atoms with Gasteiger partial charge in [0.15, 0.2) is 0 Å². The number of esters is 1. The van der Waals surface area contributed by atoms with Crippen molar-refractivity contribution in [2.45, 2.75) is 31.5 Å². The number of hydrogen-bond donors (Lipinski definition) is 1. The molecule has 1 aromatic heterocycles. The van der Waals surface area contributed by atoms with Crippen molar-refractivity contribution < 1.29 is 9.53 Å². The molecule has 0 saturated carbocycles. The fourth-order valence-corrected chi connectivity index (χ4v) is 2.26. The summed E-state index contributed by atoms with van der Waals surface area (Å²) in [6.45, 7) is 4.91. The first-order chi connectivity index (χ1) is 8.69. The molecule has 18 heavy (non-hydrogen) atoms. The van der Waals surface area contributed by atoms with Crippen molar-refractivity contribution in [3.05, 3.63) is 0 Å². The average molecular weight is 273 g/mol. The van der Waals surface area contributed by atoms with E-state index in [1.807, 2.05) is 6.92 Å².